The van der Waals surface area contributed by atoms with Crippen molar-refractivity contribution < 1.29 is 32.2 Å². The lowest BCUT2D eigenvalue weighted by atomic mass is 10.1. The Labute approximate surface area is 210 Å². The SMILES string of the molecule is O=C(COc1ccc(C(=O)Nc2cccc(C(F)(F)F)c2)cc1)Nc1ccc(Oc2ccccc2)cc1. The first-order valence-corrected chi connectivity index (χ1v) is 11.1. The molecule has 0 bridgehead atoms. The smallest absolute Gasteiger partial charge is 0.416 e. The molecule has 0 heterocycles. The second-order valence-electron chi connectivity index (χ2n) is 7.83. The molecular weight excluding hydrogens is 485 g/mol. The first-order valence-electron chi connectivity index (χ1n) is 11.1. The number of para-hydroxylation sites is 1. The molecule has 0 fully saturated rings. The number of ether oxygens (including phenoxy) is 2. The quantitative estimate of drug-likeness (QED) is 0.277. The van der Waals surface area contributed by atoms with Crippen LogP contribution in [0.1, 0.15) is 15.9 Å². The summed E-state index contributed by atoms with van der Waals surface area (Å²) in [6, 6.07) is 26.4. The number of rotatable bonds is 8. The Hall–Kier alpha value is -4.79. The van der Waals surface area contributed by atoms with E-state index in [1.54, 1.807) is 24.3 Å². The maximum absolute atomic E-state index is 12.9. The standard InChI is InChI=1S/C28H21F3N2O4/c29-28(30,31)20-5-4-6-22(17-20)33-27(35)19-9-13-23(14-10-19)36-18-26(34)32-21-11-15-25(16-12-21)37-24-7-2-1-3-8-24/h1-17H,18H2,(H,32,34)(H,33,35). The van der Waals surface area contributed by atoms with Crippen LogP contribution in [0.25, 0.3) is 0 Å². The molecular formula is C28H21F3N2O4. The normalized spacial score (nSPS) is 10.9. The van der Waals surface area contributed by atoms with Crippen LogP contribution in [0.2, 0.25) is 0 Å². The van der Waals surface area contributed by atoms with Crippen molar-refractivity contribution >= 4 is 23.2 Å². The summed E-state index contributed by atoms with van der Waals surface area (Å²) in [5.74, 6) is 0.702. The van der Waals surface area contributed by atoms with E-state index in [0.717, 1.165) is 12.1 Å². The Morgan fingerprint density at radius 2 is 1.32 bits per heavy atom. The maximum Gasteiger partial charge on any atom is 0.416 e. The third-order valence-corrected chi connectivity index (χ3v) is 5.05. The zero-order chi connectivity index (χ0) is 26.3. The lowest BCUT2D eigenvalue weighted by molar-refractivity contribution is -0.137. The molecule has 6 nitrogen and oxygen atoms in total. The molecule has 4 rings (SSSR count). The van der Waals surface area contributed by atoms with E-state index >= 15 is 0 Å². The highest BCUT2D eigenvalue weighted by atomic mass is 19.4. The van der Waals surface area contributed by atoms with E-state index in [4.69, 9.17) is 9.47 Å². The molecule has 0 saturated carbocycles. The van der Waals surface area contributed by atoms with Gasteiger partial charge in [0.1, 0.15) is 17.2 Å². The van der Waals surface area contributed by atoms with E-state index in [2.05, 4.69) is 10.6 Å². The second-order valence-corrected chi connectivity index (χ2v) is 7.83. The molecule has 0 saturated heterocycles. The fourth-order valence-corrected chi connectivity index (χ4v) is 3.26. The van der Waals surface area contributed by atoms with Crippen molar-refractivity contribution in [1.29, 1.82) is 0 Å². The van der Waals surface area contributed by atoms with E-state index in [1.165, 1.54) is 36.4 Å². The van der Waals surface area contributed by atoms with Crippen LogP contribution in [-0.4, -0.2) is 18.4 Å². The Kier molecular flexibility index (Phi) is 7.73. The molecule has 4 aromatic carbocycles. The molecule has 2 amide bonds. The van der Waals surface area contributed by atoms with Gasteiger partial charge >= 0.3 is 6.18 Å². The number of carbonyl (C=O) groups is 2. The summed E-state index contributed by atoms with van der Waals surface area (Å²) in [6.07, 6.45) is -4.51. The van der Waals surface area contributed by atoms with E-state index in [-0.39, 0.29) is 23.8 Å². The van der Waals surface area contributed by atoms with E-state index in [0.29, 0.717) is 22.9 Å². The van der Waals surface area contributed by atoms with Crippen molar-refractivity contribution in [3.63, 3.8) is 0 Å². The van der Waals surface area contributed by atoms with Gasteiger partial charge in [0.05, 0.1) is 5.56 Å². The van der Waals surface area contributed by atoms with Crippen molar-refractivity contribution in [2.75, 3.05) is 17.2 Å². The molecule has 4 aromatic rings. The van der Waals surface area contributed by atoms with Crippen molar-refractivity contribution in [2.24, 2.45) is 0 Å². The van der Waals surface area contributed by atoms with Crippen LogP contribution in [0.15, 0.2) is 103 Å². The van der Waals surface area contributed by atoms with Crippen LogP contribution in [0, 0.1) is 0 Å². The molecule has 0 aliphatic heterocycles. The number of hydrogen-bond donors (Lipinski definition) is 2. The molecule has 9 heteroatoms. The Balaban J connectivity index is 1.25. The van der Waals surface area contributed by atoms with Gasteiger partial charge in [0.2, 0.25) is 0 Å². The number of nitrogens with one attached hydrogen (secondary N) is 2. The molecule has 0 aliphatic carbocycles. The number of anilines is 2. The van der Waals surface area contributed by atoms with Gasteiger partial charge in [0, 0.05) is 16.9 Å². The Morgan fingerprint density at radius 1 is 0.676 bits per heavy atom. The van der Waals surface area contributed by atoms with E-state index in [1.807, 2.05) is 30.3 Å². The molecule has 0 aliphatic rings. The summed E-state index contributed by atoms with van der Waals surface area (Å²) >= 11 is 0. The molecule has 37 heavy (non-hydrogen) atoms. The minimum Gasteiger partial charge on any atom is -0.484 e. The van der Waals surface area contributed by atoms with Gasteiger partial charge in [0.15, 0.2) is 6.61 Å². The number of benzene rings is 4. The number of halogens is 3. The average Bonchev–Trinajstić information content (AvgIpc) is 2.89. The van der Waals surface area contributed by atoms with E-state index in [9.17, 15) is 22.8 Å². The number of hydrogen-bond acceptors (Lipinski definition) is 4. The number of amides is 2. The van der Waals surface area contributed by atoms with Crippen molar-refractivity contribution in [3.8, 4) is 17.2 Å². The topological polar surface area (TPSA) is 76.7 Å². The summed E-state index contributed by atoms with van der Waals surface area (Å²) in [5, 5.41) is 5.14. The van der Waals surface area contributed by atoms with Gasteiger partial charge in [-0.2, -0.15) is 13.2 Å². The van der Waals surface area contributed by atoms with Gasteiger partial charge in [-0.25, -0.2) is 0 Å². The van der Waals surface area contributed by atoms with Crippen LogP contribution in [0.3, 0.4) is 0 Å². The highest BCUT2D eigenvalue weighted by molar-refractivity contribution is 6.04. The maximum atomic E-state index is 12.9. The lowest BCUT2D eigenvalue weighted by Crippen LogP contribution is -2.20. The highest BCUT2D eigenvalue weighted by Crippen LogP contribution is 2.30. The van der Waals surface area contributed by atoms with Crippen LogP contribution in [0.4, 0.5) is 24.5 Å². The fourth-order valence-electron chi connectivity index (χ4n) is 3.26. The van der Waals surface area contributed by atoms with E-state index < -0.39 is 17.6 Å². The minimum atomic E-state index is -4.51. The first kappa shape index (κ1) is 25.3. The largest absolute Gasteiger partial charge is 0.484 e. The van der Waals surface area contributed by atoms with Crippen LogP contribution >= 0.6 is 0 Å². The molecule has 0 radical (unpaired) electrons. The Bertz CT molecular complexity index is 1360. The molecule has 0 atom stereocenters. The molecule has 2 N–H and O–H groups in total. The number of carbonyl (C=O) groups excluding carboxylic acids is 2. The predicted octanol–water partition coefficient (Wildman–Crippen LogP) is 6.77. The summed E-state index contributed by atoms with van der Waals surface area (Å²) in [6.45, 7) is -0.266. The van der Waals surface area contributed by atoms with Gasteiger partial charge in [0.25, 0.3) is 11.8 Å². The second kappa shape index (κ2) is 11.3. The summed E-state index contributed by atoms with van der Waals surface area (Å²) in [4.78, 5) is 24.6. The third kappa shape index (κ3) is 7.35. The van der Waals surface area contributed by atoms with Gasteiger partial charge in [-0.15, -0.1) is 0 Å². The minimum absolute atomic E-state index is 0.0245. The predicted molar refractivity (Wildman–Crippen MR) is 133 cm³/mol. The van der Waals surface area contributed by atoms with Crippen molar-refractivity contribution in [1.82, 2.24) is 0 Å². The highest BCUT2D eigenvalue weighted by Gasteiger charge is 2.30. The van der Waals surface area contributed by atoms with Crippen LogP contribution in [-0.2, 0) is 11.0 Å². The average molecular weight is 506 g/mol. The van der Waals surface area contributed by atoms with Gasteiger partial charge in [-0.1, -0.05) is 24.3 Å². The zero-order valence-corrected chi connectivity index (χ0v) is 19.3. The fraction of sp³-hybridized carbons (Fsp3) is 0.0714. The number of alkyl halides is 3. The molecule has 0 spiro atoms. The van der Waals surface area contributed by atoms with Gasteiger partial charge in [-0.05, 0) is 78.9 Å². The van der Waals surface area contributed by atoms with Crippen molar-refractivity contribution in [2.45, 2.75) is 6.18 Å². The Morgan fingerprint density at radius 3 is 2.00 bits per heavy atom. The molecule has 0 aromatic heterocycles. The summed E-state index contributed by atoms with van der Waals surface area (Å²) in [7, 11) is 0. The van der Waals surface area contributed by atoms with Gasteiger partial charge < -0.3 is 20.1 Å². The third-order valence-electron chi connectivity index (χ3n) is 5.05. The molecule has 0 unspecified atom stereocenters. The lowest BCUT2D eigenvalue weighted by Gasteiger charge is -2.11. The van der Waals surface area contributed by atoms with Crippen molar-refractivity contribution in [3.05, 3.63) is 114 Å². The summed E-state index contributed by atoms with van der Waals surface area (Å²) < 4.78 is 49.7. The van der Waals surface area contributed by atoms with Crippen LogP contribution < -0.4 is 20.1 Å². The zero-order valence-electron chi connectivity index (χ0n) is 19.3. The summed E-state index contributed by atoms with van der Waals surface area (Å²) in [5.41, 5.74) is -0.0529. The van der Waals surface area contributed by atoms with Crippen LogP contribution in [0.5, 0.6) is 17.2 Å². The molecule has 188 valence electrons. The monoisotopic (exact) mass is 506 g/mol. The van der Waals surface area contributed by atoms with Gasteiger partial charge in [-0.3, -0.25) is 9.59 Å². The first-order chi connectivity index (χ1) is 17.8.